The van der Waals surface area contributed by atoms with Crippen LogP contribution in [0, 0.1) is 0 Å². The minimum atomic E-state index is -0.955. The molecule has 3 heterocycles. The fraction of sp³-hybridized carbons (Fsp3) is 0.400. The van der Waals surface area contributed by atoms with Crippen LogP contribution in [0.4, 0.5) is 5.69 Å². The molecule has 2 unspecified atom stereocenters. The van der Waals surface area contributed by atoms with E-state index in [2.05, 4.69) is 28.8 Å². The van der Waals surface area contributed by atoms with Gasteiger partial charge in [0.05, 0.1) is 29.3 Å². The monoisotopic (exact) mass is 415 g/mol. The molecule has 31 heavy (non-hydrogen) atoms. The van der Waals surface area contributed by atoms with E-state index in [1.807, 2.05) is 25.2 Å². The SMILES string of the molecule is CNc1c2c(nc3ccccc13)C1Oc3c(OC)ccc4c3[C@@]13CCN[C@H](C4)C3(O)C2. The topological polar surface area (TPSA) is 75.6 Å². The molecule has 2 bridgehead atoms. The van der Waals surface area contributed by atoms with E-state index in [1.165, 1.54) is 5.56 Å². The Morgan fingerprint density at radius 2 is 2.13 bits per heavy atom. The maximum Gasteiger partial charge on any atom is 0.166 e. The molecule has 158 valence electrons. The van der Waals surface area contributed by atoms with Gasteiger partial charge in [0.15, 0.2) is 17.6 Å². The quantitative estimate of drug-likeness (QED) is 0.598. The van der Waals surface area contributed by atoms with Crippen molar-refractivity contribution in [2.24, 2.45) is 0 Å². The van der Waals surface area contributed by atoms with Crippen LogP contribution in [-0.4, -0.2) is 42.4 Å². The second kappa shape index (κ2) is 5.69. The maximum atomic E-state index is 12.5. The fourth-order valence-electron chi connectivity index (χ4n) is 6.98. The Morgan fingerprint density at radius 1 is 1.26 bits per heavy atom. The number of benzene rings is 2. The molecule has 4 atom stereocenters. The molecular formula is C25H25N3O3. The lowest BCUT2D eigenvalue weighted by Crippen LogP contribution is -2.74. The van der Waals surface area contributed by atoms with Crippen molar-refractivity contribution in [3.05, 3.63) is 58.8 Å². The molecule has 0 saturated carbocycles. The first kappa shape index (κ1) is 17.8. The number of pyridine rings is 1. The average molecular weight is 415 g/mol. The Kier molecular flexibility index (Phi) is 3.27. The summed E-state index contributed by atoms with van der Waals surface area (Å²) in [6.45, 7) is 0.852. The van der Waals surface area contributed by atoms with Gasteiger partial charge in [-0.25, -0.2) is 4.98 Å². The molecule has 2 aromatic carbocycles. The number of para-hydroxylation sites is 1. The third-order valence-corrected chi connectivity index (χ3v) is 8.21. The average Bonchev–Trinajstić information content (AvgIpc) is 3.12. The third-order valence-electron chi connectivity index (χ3n) is 8.21. The van der Waals surface area contributed by atoms with Crippen LogP contribution in [0.5, 0.6) is 11.5 Å². The first-order chi connectivity index (χ1) is 15.1. The van der Waals surface area contributed by atoms with Gasteiger partial charge in [-0.15, -0.1) is 0 Å². The van der Waals surface area contributed by atoms with Crippen LogP contribution in [0.2, 0.25) is 0 Å². The van der Waals surface area contributed by atoms with Gasteiger partial charge in [-0.2, -0.15) is 0 Å². The Bertz CT molecular complexity index is 1270. The zero-order valence-electron chi connectivity index (χ0n) is 17.7. The number of hydrogen-bond acceptors (Lipinski definition) is 6. The van der Waals surface area contributed by atoms with Gasteiger partial charge in [0.25, 0.3) is 0 Å². The molecule has 2 aliphatic heterocycles. The van der Waals surface area contributed by atoms with Crippen molar-refractivity contribution in [2.75, 3.05) is 26.0 Å². The van der Waals surface area contributed by atoms with Gasteiger partial charge in [-0.1, -0.05) is 24.3 Å². The lowest BCUT2D eigenvalue weighted by Gasteiger charge is -2.60. The molecule has 1 fully saturated rings. The molecule has 0 amide bonds. The van der Waals surface area contributed by atoms with Gasteiger partial charge in [-0.05, 0) is 37.1 Å². The smallest absolute Gasteiger partial charge is 0.166 e. The normalized spacial score (nSPS) is 31.6. The molecule has 1 saturated heterocycles. The number of methoxy groups -OCH3 is 1. The molecule has 6 heteroatoms. The Balaban J connectivity index is 1.60. The highest BCUT2D eigenvalue weighted by Crippen LogP contribution is 2.68. The third kappa shape index (κ3) is 1.86. The number of fused-ring (bicyclic) bond motifs is 3. The number of nitrogens with one attached hydrogen (secondary N) is 2. The van der Waals surface area contributed by atoms with Crippen LogP contribution in [-0.2, 0) is 18.3 Å². The van der Waals surface area contributed by atoms with Crippen molar-refractivity contribution in [2.45, 2.75) is 42.4 Å². The predicted molar refractivity (Wildman–Crippen MR) is 118 cm³/mol. The number of rotatable bonds is 2. The number of anilines is 1. The number of piperidine rings is 1. The number of ether oxygens (including phenoxy) is 2. The highest BCUT2D eigenvalue weighted by atomic mass is 16.5. The fourth-order valence-corrected chi connectivity index (χ4v) is 6.98. The molecule has 2 aliphatic carbocycles. The van der Waals surface area contributed by atoms with Crippen molar-refractivity contribution in [1.82, 2.24) is 10.3 Å². The minimum Gasteiger partial charge on any atom is -0.493 e. The molecule has 1 aromatic heterocycles. The van der Waals surface area contributed by atoms with Gasteiger partial charge < -0.3 is 25.2 Å². The molecule has 0 radical (unpaired) electrons. The van der Waals surface area contributed by atoms with E-state index in [1.54, 1.807) is 7.11 Å². The molecule has 1 spiro atoms. The van der Waals surface area contributed by atoms with E-state index in [9.17, 15) is 5.11 Å². The minimum absolute atomic E-state index is 0.0245. The zero-order chi connectivity index (χ0) is 21.0. The Morgan fingerprint density at radius 3 is 2.97 bits per heavy atom. The van der Waals surface area contributed by atoms with Crippen molar-refractivity contribution >= 4 is 16.6 Å². The standard InChI is InChI=1S/C25H25N3O3/c1-26-20-14-5-3-4-6-16(14)28-21-15(20)12-25(29)18-11-13-7-8-17(30-2)22-19(13)24(25,9-10-27-18)23(21)31-22/h3-8,18,23,27,29H,9-12H2,1-2H3,(H,26,28)/t18-,23?,24+,25?/m1/s1. The number of aromatic nitrogens is 1. The van der Waals surface area contributed by atoms with Crippen LogP contribution in [0.15, 0.2) is 36.4 Å². The summed E-state index contributed by atoms with van der Waals surface area (Å²) in [7, 11) is 3.63. The van der Waals surface area contributed by atoms with Crippen molar-refractivity contribution in [3.8, 4) is 11.5 Å². The van der Waals surface area contributed by atoms with Crippen molar-refractivity contribution in [3.63, 3.8) is 0 Å². The van der Waals surface area contributed by atoms with Gasteiger partial charge in [0.1, 0.15) is 0 Å². The van der Waals surface area contributed by atoms with E-state index in [4.69, 9.17) is 14.5 Å². The van der Waals surface area contributed by atoms with Crippen LogP contribution in [0.1, 0.15) is 34.9 Å². The molecule has 3 N–H and O–H groups in total. The predicted octanol–water partition coefficient (Wildman–Crippen LogP) is 2.86. The van der Waals surface area contributed by atoms with Gasteiger partial charge in [-0.3, -0.25) is 0 Å². The highest BCUT2D eigenvalue weighted by molar-refractivity contribution is 5.94. The Labute approximate surface area is 180 Å². The highest BCUT2D eigenvalue weighted by Gasteiger charge is 2.71. The summed E-state index contributed by atoms with van der Waals surface area (Å²) in [6.07, 6.45) is 1.80. The summed E-state index contributed by atoms with van der Waals surface area (Å²) in [6, 6.07) is 12.3. The summed E-state index contributed by atoms with van der Waals surface area (Å²) in [4.78, 5) is 5.13. The van der Waals surface area contributed by atoms with E-state index >= 15 is 0 Å². The van der Waals surface area contributed by atoms with Gasteiger partial charge >= 0.3 is 0 Å². The van der Waals surface area contributed by atoms with Crippen molar-refractivity contribution < 1.29 is 14.6 Å². The summed E-state index contributed by atoms with van der Waals surface area (Å²) in [5.74, 6) is 1.52. The van der Waals surface area contributed by atoms with Crippen LogP contribution >= 0.6 is 0 Å². The first-order valence-electron chi connectivity index (χ1n) is 11.0. The van der Waals surface area contributed by atoms with E-state index < -0.39 is 11.0 Å². The summed E-state index contributed by atoms with van der Waals surface area (Å²) in [5.41, 5.74) is 4.91. The molecule has 3 aromatic rings. The zero-order valence-corrected chi connectivity index (χ0v) is 17.7. The lowest BCUT2D eigenvalue weighted by molar-refractivity contribution is -0.134. The molecule has 4 aliphatic rings. The van der Waals surface area contributed by atoms with E-state index in [0.29, 0.717) is 6.42 Å². The maximum absolute atomic E-state index is 12.5. The van der Waals surface area contributed by atoms with E-state index in [0.717, 1.165) is 64.3 Å². The largest absolute Gasteiger partial charge is 0.493 e. The first-order valence-corrected chi connectivity index (χ1v) is 11.0. The number of hydrogen-bond donors (Lipinski definition) is 3. The lowest BCUT2D eigenvalue weighted by atomic mass is 9.49. The number of nitrogens with zero attached hydrogens (tertiary/aromatic N) is 1. The molecule has 7 rings (SSSR count). The van der Waals surface area contributed by atoms with Gasteiger partial charge in [0, 0.05) is 41.7 Å². The summed E-state index contributed by atoms with van der Waals surface area (Å²) < 4.78 is 12.4. The van der Waals surface area contributed by atoms with Crippen molar-refractivity contribution in [1.29, 1.82) is 0 Å². The van der Waals surface area contributed by atoms with Crippen LogP contribution in [0.25, 0.3) is 10.9 Å². The second-order valence-electron chi connectivity index (χ2n) is 9.28. The van der Waals surface area contributed by atoms with Crippen LogP contribution < -0.4 is 20.1 Å². The van der Waals surface area contributed by atoms with Crippen LogP contribution in [0.3, 0.4) is 0 Å². The summed E-state index contributed by atoms with van der Waals surface area (Å²) >= 11 is 0. The summed E-state index contributed by atoms with van der Waals surface area (Å²) in [5, 5.41) is 20.6. The van der Waals surface area contributed by atoms with E-state index in [-0.39, 0.29) is 12.1 Å². The molecular weight excluding hydrogens is 390 g/mol. The second-order valence-corrected chi connectivity index (χ2v) is 9.28. The molecule has 6 nitrogen and oxygen atoms in total. The number of aliphatic hydroxyl groups is 1. The van der Waals surface area contributed by atoms with Gasteiger partial charge in [0.2, 0.25) is 0 Å². The Hall–Kier alpha value is -2.83.